The highest BCUT2D eigenvalue weighted by Crippen LogP contribution is 2.30. The number of halogens is 1. The van der Waals surface area contributed by atoms with Crippen LogP contribution in [-0.2, 0) is 4.79 Å². The number of nitrogens with zero attached hydrogens (tertiary/aromatic N) is 3. The Balaban J connectivity index is 1.42. The topological polar surface area (TPSA) is 87.2 Å². The van der Waals surface area contributed by atoms with Crippen molar-refractivity contribution in [3.8, 4) is 0 Å². The molecule has 8 heteroatoms. The van der Waals surface area contributed by atoms with Gasteiger partial charge in [-0.25, -0.2) is 14.4 Å². The zero-order chi connectivity index (χ0) is 22.5. The SMILES string of the molecule is Cc1nc(C2CCCN2CC(=O)Nc2ccc(F)cc2)ncc1C(=O)Nc1ccccc1. The number of nitrogens with one attached hydrogen (secondary N) is 2. The number of aromatic nitrogens is 2. The molecule has 2 amide bonds. The van der Waals surface area contributed by atoms with E-state index in [1.807, 2.05) is 35.2 Å². The average Bonchev–Trinajstić information content (AvgIpc) is 3.24. The third-order valence-electron chi connectivity index (χ3n) is 5.41. The third kappa shape index (κ3) is 5.15. The highest BCUT2D eigenvalue weighted by atomic mass is 19.1. The number of carbonyl (C=O) groups is 2. The fourth-order valence-electron chi connectivity index (χ4n) is 3.81. The van der Waals surface area contributed by atoms with E-state index in [0.717, 1.165) is 19.4 Å². The zero-order valence-electron chi connectivity index (χ0n) is 17.7. The molecular weight excluding hydrogens is 409 g/mol. The molecule has 32 heavy (non-hydrogen) atoms. The maximum Gasteiger partial charge on any atom is 0.259 e. The second-order valence-electron chi connectivity index (χ2n) is 7.73. The van der Waals surface area contributed by atoms with Crippen LogP contribution in [0.25, 0.3) is 0 Å². The van der Waals surface area contributed by atoms with Gasteiger partial charge in [-0.1, -0.05) is 18.2 Å². The largest absolute Gasteiger partial charge is 0.325 e. The van der Waals surface area contributed by atoms with Crippen molar-refractivity contribution in [3.63, 3.8) is 0 Å². The summed E-state index contributed by atoms with van der Waals surface area (Å²) < 4.78 is 13.1. The van der Waals surface area contributed by atoms with Gasteiger partial charge >= 0.3 is 0 Å². The Kier molecular flexibility index (Phi) is 6.51. The van der Waals surface area contributed by atoms with E-state index in [1.165, 1.54) is 24.3 Å². The molecule has 1 saturated heterocycles. The lowest BCUT2D eigenvalue weighted by atomic mass is 10.1. The van der Waals surface area contributed by atoms with E-state index >= 15 is 0 Å². The summed E-state index contributed by atoms with van der Waals surface area (Å²) in [5.41, 5.74) is 2.25. The van der Waals surface area contributed by atoms with Gasteiger partial charge in [0.25, 0.3) is 5.91 Å². The van der Waals surface area contributed by atoms with E-state index in [-0.39, 0.29) is 30.2 Å². The van der Waals surface area contributed by atoms with Crippen LogP contribution in [0.4, 0.5) is 15.8 Å². The molecule has 1 fully saturated rings. The molecule has 2 aromatic carbocycles. The Bertz CT molecular complexity index is 1110. The molecule has 7 nitrogen and oxygen atoms in total. The van der Waals surface area contributed by atoms with Crippen molar-refractivity contribution in [2.75, 3.05) is 23.7 Å². The van der Waals surface area contributed by atoms with Crippen LogP contribution >= 0.6 is 0 Å². The maximum absolute atomic E-state index is 13.1. The normalized spacial score (nSPS) is 16.0. The van der Waals surface area contributed by atoms with Gasteiger partial charge in [-0.3, -0.25) is 14.5 Å². The number of para-hydroxylation sites is 1. The molecule has 0 spiro atoms. The van der Waals surface area contributed by atoms with Gasteiger partial charge < -0.3 is 10.6 Å². The average molecular weight is 433 g/mol. The van der Waals surface area contributed by atoms with Gasteiger partial charge in [0.15, 0.2) is 0 Å². The first-order valence-electron chi connectivity index (χ1n) is 10.5. The Morgan fingerprint density at radius 3 is 2.50 bits per heavy atom. The number of amides is 2. The summed E-state index contributed by atoms with van der Waals surface area (Å²) >= 11 is 0. The Labute approximate surface area is 185 Å². The number of carbonyl (C=O) groups excluding carboxylic acids is 2. The third-order valence-corrected chi connectivity index (χ3v) is 5.41. The number of likely N-dealkylation sites (tertiary alicyclic amines) is 1. The van der Waals surface area contributed by atoms with E-state index in [4.69, 9.17) is 0 Å². The van der Waals surface area contributed by atoms with Gasteiger partial charge in [0, 0.05) is 17.6 Å². The first kappa shape index (κ1) is 21.6. The minimum Gasteiger partial charge on any atom is -0.325 e. The van der Waals surface area contributed by atoms with Crippen molar-refractivity contribution in [1.29, 1.82) is 0 Å². The molecule has 1 aliphatic heterocycles. The lowest BCUT2D eigenvalue weighted by molar-refractivity contribution is -0.117. The fourth-order valence-corrected chi connectivity index (χ4v) is 3.81. The molecule has 1 atom stereocenters. The molecular formula is C24H24FN5O2. The molecule has 2 N–H and O–H groups in total. The van der Waals surface area contributed by atoms with Crippen molar-refractivity contribution < 1.29 is 14.0 Å². The number of anilines is 2. The lowest BCUT2D eigenvalue weighted by Crippen LogP contribution is -2.33. The first-order valence-corrected chi connectivity index (χ1v) is 10.5. The highest BCUT2D eigenvalue weighted by molar-refractivity contribution is 6.04. The highest BCUT2D eigenvalue weighted by Gasteiger charge is 2.30. The van der Waals surface area contributed by atoms with Gasteiger partial charge in [0.2, 0.25) is 5.91 Å². The van der Waals surface area contributed by atoms with Crippen LogP contribution in [0.1, 0.15) is 40.8 Å². The summed E-state index contributed by atoms with van der Waals surface area (Å²) in [6, 6.07) is 14.8. The number of hydrogen-bond donors (Lipinski definition) is 2. The van der Waals surface area contributed by atoms with Crippen LogP contribution in [-0.4, -0.2) is 39.8 Å². The second-order valence-corrected chi connectivity index (χ2v) is 7.73. The van der Waals surface area contributed by atoms with Crippen LogP contribution in [0.2, 0.25) is 0 Å². The number of rotatable bonds is 6. The molecule has 0 saturated carbocycles. The zero-order valence-corrected chi connectivity index (χ0v) is 17.7. The van der Waals surface area contributed by atoms with Crippen LogP contribution in [0.3, 0.4) is 0 Å². The van der Waals surface area contributed by atoms with E-state index in [1.54, 1.807) is 13.1 Å². The second kappa shape index (κ2) is 9.65. The molecule has 0 radical (unpaired) electrons. The van der Waals surface area contributed by atoms with Crippen LogP contribution in [0.5, 0.6) is 0 Å². The van der Waals surface area contributed by atoms with Crippen LogP contribution in [0.15, 0.2) is 60.8 Å². The molecule has 0 aliphatic carbocycles. The van der Waals surface area contributed by atoms with Gasteiger partial charge in [-0.15, -0.1) is 0 Å². The summed E-state index contributed by atoms with van der Waals surface area (Å²) in [7, 11) is 0. The molecule has 3 aromatic rings. The number of benzene rings is 2. The summed E-state index contributed by atoms with van der Waals surface area (Å²) in [5.74, 6) is -0.192. The predicted molar refractivity (Wildman–Crippen MR) is 120 cm³/mol. The quantitative estimate of drug-likeness (QED) is 0.615. The van der Waals surface area contributed by atoms with Crippen molar-refractivity contribution in [2.24, 2.45) is 0 Å². The standard InChI is InChI=1S/C24H24FN5O2/c1-16-20(24(32)29-18-6-3-2-4-7-18)14-26-23(27-16)21-8-5-13-30(21)15-22(31)28-19-11-9-17(25)10-12-19/h2-4,6-7,9-12,14,21H,5,8,13,15H2,1H3,(H,28,31)(H,29,32). The van der Waals surface area contributed by atoms with E-state index in [9.17, 15) is 14.0 Å². The maximum atomic E-state index is 13.1. The number of hydrogen-bond acceptors (Lipinski definition) is 5. The van der Waals surface area contributed by atoms with Gasteiger partial charge in [-0.05, 0) is 62.7 Å². The van der Waals surface area contributed by atoms with Gasteiger partial charge in [0.05, 0.1) is 23.8 Å². The molecule has 1 aliphatic rings. The monoisotopic (exact) mass is 433 g/mol. The van der Waals surface area contributed by atoms with E-state index in [0.29, 0.717) is 28.5 Å². The van der Waals surface area contributed by atoms with Crippen LogP contribution < -0.4 is 10.6 Å². The molecule has 1 unspecified atom stereocenters. The fraction of sp³-hybridized carbons (Fsp3) is 0.250. The first-order chi connectivity index (χ1) is 15.5. The van der Waals surface area contributed by atoms with Gasteiger partial charge in [0.1, 0.15) is 11.6 Å². The Morgan fingerprint density at radius 2 is 1.78 bits per heavy atom. The smallest absolute Gasteiger partial charge is 0.259 e. The minimum atomic E-state index is -0.351. The molecule has 2 heterocycles. The number of aryl methyl sites for hydroxylation is 1. The summed E-state index contributed by atoms with van der Waals surface area (Å²) in [6.45, 7) is 2.71. The Hall–Kier alpha value is -3.65. The molecule has 0 bridgehead atoms. The summed E-state index contributed by atoms with van der Waals surface area (Å²) in [4.78, 5) is 36.1. The minimum absolute atomic E-state index is 0.0982. The van der Waals surface area contributed by atoms with E-state index < -0.39 is 0 Å². The molecule has 1 aromatic heterocycles. The predicted octanol–water partition coefficient (Wildman–Crippen LogP) is 3.95. The summed E-state index contributed by atoms with van der Waals surface area (Å²) in [5, 5.41) is 5.63. The molecule has 164 valence electrons. The van der Waals surface area contributed by atoms with Crippen molar-refractivity contribution in [2.45, 2.75) is 25.8 Å². The lowest BCUT2D eigenvalue weighted by Gasteiger charge is -2.23. The summed E-state index contributed by atoms with van der Waals surface area (Å²) in [6.07, 6.45) is 3.30. The van der Waals surface area contributed by atoms with E-state index in [2.05, 4.69) is 20.6 Å². The molecule has 4 rings (SSSR count). The van der Waals surface area contributed by atoms with Crippen molar-refractivity contribution in [1.82, 2.24) is 14.9 Å². The Morgan fingerprint density at radius 1 is 1.06 bits per heavy atom. The van der Waals surface area contributed by atoms with Gasteiger partial charge in [-0.2, -0.15) is 0 Å². The van der Waals surface area contributed by atoms with Crippen LogP contribution in [0, 0.1) is 12.7 Å². The van der Waals surface area contributed by atoms with Crippen molar-refractivity contribution in [3.05, 3.63) is 83.7 Å². The van der Waals surface area contributed by atoms with Crippen molar-refractivity contribution >= 4 is 23.2 Å².